The minimum absolute atomic E-state index is 0.0978. The van der Waals surface area contributed by atoms with Gasteiger partial charge in [0.15, 0.2) is 0 Å². The van der Waals surface area contributed by atoms with Crippen LogP contribution < -0.4 is 5.32 Å². The molecule has 2 aliphatic rings. The molecule has 0 spiro atoms. The summed E-state index contributed by atoms with van der Waals surface area (Å²) in [5, 5.41) is 3.11. The van der Waals surface area contributed by atoms with E-state index in [-0.39, 0.29) is 17.9 Å². The van der Waals surface area contributed by atoms with Gasteiger partial charge in [0.25, 0.3) is 0 Å². The van der Waals surface area contributed by atoms with Gasteiger partial charge < -0.3 is 24.7 Å². The SMILES string of the molecule is COC1=C(CN2CCN(C(=O)OC(C)(C)C)CC2)C=CC(C(=O)Nc2ccccc2-c2nc3ccccc3[nH]2)C1. The van der Waals surface area contributed by atoms with E-state index in [4.69, 9.17) is 14.5 Å². The second kappa shape index (κ2) is 11.6. The maximum Gasteiger partial charge on any atom is 0.410 e. The largest absolute Gasteiger partial charge is 0.501 e. The fourth-order valence-corrected chi connectivity index (χ4v) is 5.02. The molecular formula is C31H37N5O4. The Morgan fingerprint density at radius 1 is 1.05 bits per heavy atom. The number of nitrogens with zero attached hydrogens (tertiary/aromatic N) is 3. The number of methoxy groups -OCH3 is 1. The van der Waals surface area contributed by atoms with Gasteiger partial charge in [-0.2, -0.15) is 0 Å². The van der Waals surface area contributed by atoms with Gasteiger partial charge in [-0.25, -0.2) is 9.78 Å². The van der Waals surface area contributed by atoms with E-state index in [1.807, 2.05) is 81.5 Å². The smallest absolute Gasteiger partial charge is 0.410 e. The summed E-state index contributed by atoms with van der Waals surface area (Å²) in [5.41, 5.74) is 3.92. The summed E-state index contributed by atoms with van der Waals surface area (Å²) < 4.78 is 11.2. The van der Waals surface area contributed by atoms with Crippen molar-refractivity contribution in [2.45, 2.75) is 32.8 Å². The molecule has 40 heavy (non-hydrogen) atoms. The highest BCUT2D eigenvalue weighted by atomic mass is 16.6. The number of carbonyl (C=O) groups is 2. The van der Waals surface area contributed by atoms with Crippen LogP contribution in [0.4, 0.5) is 10.5 Å². The van der Waals surface area contributed by atoms with Crippen LogP contribution in [0.5, 0.6) is 0 Å². The van der Waals surface area contributed by atoms with Crippen LogP contribution in [0.3, 0.4) is 0 Å². The molecule has 2 heterocycles. The molecular weight excluding hydrogens is 506 g/mol. The number of aromatic nitrogens is 2. The Kier molecular flexibility index (Phi) is 7.93. The van der Waals surface area contributed by atoms with Crippen LogP contribution in [0.1, 0.15) is 27.2 Å². The third kappa shape index (κ3) is 6.37. The lowest BCUT2D eigenvalue weighted by molar-refractivity contribution is -0.118. The number of nitrogens with one attached hydrogen (secondary N) is 2. The molecule has 3 aromatic rings. The molecule has 210 valence electrons. The van der Waals surface area contributed by atoms with Crippen LogP contribution in [-0.2, 0) is 14.3 Å². The third-order valence-electron chi connectivity index (χ3n) is 7.12. The van der Waals surface area contributed by atoms with Crippen molar-refractivity contribution in [3.63, 3.8) is 0 Å². The Hall–Kier alpha value is -4.11. The number of benzene rings is 2. The number of para-hydroxylation sites is 3. The van der Waals surface area contributed by atoms with Gasteiger partial charge in [-0.15, -0.1) is 0 Å². The van der Waals surface area contributed by atoms with Crippen molar-refractivity contribution in [3.05, 3.63) is 72.0 Å². The molecule has 0 bridgehead atoms. The van der Waals surface area contributed by atoms with Crippen molar-refractivity contribution in [3.8, 4) is 11.4 Å². The van der Waals surface area contributed by atoms with Crippen LogP contribution in [0.2, 0.25) is 0 Å². The van der Waals surface area contributed by atoms with Gasteiger partial charge in [-0.05, 0) is 45.0 Å². The standard InChI is InChI=1S/C31H37N5O4/c1-31(2,3)40-30(38)36-17-15-35(16-18-36)20-22-14-13-21(19-27(22)39-4)29(37)34-24-10-6-5-9-23(24)28-32-25-11-7-8-12-26(25)33-28/h5-14,21H,15-20H2,1-4H3,(H,32,33)(H,34,37). The number of carbonyl (C=O) groups excluding carboxylic acids is 2. The lowest BCUT2D eigenvalue weighted by atomic mass is 9.93. The summed E-state index contributed by atoms with van der Waals surface area (Å²) in [6.07, 6.45) is 4.17. The van der Waals surface area contributed by atoms with E-state index in [2.05, 4.69) is 15.2 Å². The van der Waals surface area contributed by atoms with E-state index < -0.39 is 5.60 Å². The Morgan fingerprint density at radius 2 is 1.77 bits per heavy atom. The Balaban J connectivity index is 1.20. The number of imidazole rings is 1. The van der Waals surface area contributed by atoms with Crippen LogP contribution in [0.15, 0.2) is 72.0 Å². The second-order valence-electron chi connectivity index (χ2n) is 11.2. The highest BCUT2D eigenvalue weighted by Crippen LogP contribution is 2.30. The molecule has 1 saturated heterocycles. The monoisotopic (exact) mass is 543 g/mol. The number of rotatable bonds is 6. The minimum atomic E-state index is -0.502. The zero-order chi connectivity index (χ0) is 28.3. The Bertz CT molecular complexity index is 1410. The number of piperazine rings is 1. The van der Waals surface area contributed by atoms with Crippen molar-refractivity contribution >= 4 is 28.7 Å². The highest BCUT2D eigenvalue weighted by Gasteiger charge is 2.28. The number of hydrogen-bond acceptors (Lipinski definition) is 6. The zero-order valence-corrected chi connectivity index (χ0v) is 23.6. The normalized spacial score (nSPS) is 18.2. The van der Waals surface area contributed by atoms with Crippen molar-refractivity contribution in [2.24, 2.45) is 5.92 Å². The molecule has 2 aromatic carbocycles. The number of H-pyrrole nitrogens is 1. The number of allylic oxidation sites excluding steroid dienone is 1. The van der Waals surface area contributed by atoms with Crippen LogP contribution in [-0.4, -0.2) is 77.2 Å². The summed E-state index contributed by atoms with van der Waals surface area (Å²) in [6.45, 7) is 9.05. The predicted molar refractivity (Wildman–Crippen MR) is 156 cm³/mol. The van der Waals surface area contributed by atoms with Crippen molar-refractivity contribution in [1.29, 1.82) is 0 Å². The molecule has 2 N–H and O–H groups in total. The maximum atomic E-state index is 13.3. The number of hydrogen-bond donors (Lipinski definition) is 2. The summed E-state index contributed by atoms with van der Waals surface area (Å²) in [7, 11) is 1.65. The number of ether oxygens (including phenoxy) is 2. The van der Waals surface area contributed by atoms with Gasteiger partial charge in [0.05, 0.1) is 29.7 Å². The average molecular weight is 544 g/mol. The average Bonchev–Trinajstić information content (AvgIpc) is 3.37. The molecule has 1 aliphatic heterocycles. The molecule has 5 rings (SSSR count). The van der Waals surface area contributed by atoms with E-state index in [9.17, 15) is 9.59 Å². The van der Waals surface area contributed by atoms with E-state index >= 15 is 0 Å². The van der Waals surface area contributed by atoms with E-state index in [0.717, 1.165) is 41.0 Å². The molecule has 1 fully saturated rings. The predicted octanol–water partition coefficient (Wildman–Crippen LogP) is 5.20. The van der Waals surface area contributed by atoms with Crippen molar-refractivity contribution in [1.82, 2.24) is 19.8 Å². The quantitative estimate of drug-likeness (QED) is 0.444. The summed E-state index contributed by atoms with van der Waals surface area (Å²) >= 11 is 0. The van der Waals surface area contributed by atoms with Gasteiger partial charge in [-0.3, -0.25) is 9.69 Å². The zero-order valence-electron chi connectivity index (χ0n) is 23.6. The summed E-state index contributed by atoms with van der Waals surface area (Å²) in [4.78, 5) is 37.8. The van der Waals surface area contributed by atoms with Gasteiger partial charge in [0, 0.05) is 50.3 Å². The van der Waals surface area contributed by atoms with Gasteiger partial charge in [0.2, 0.25) is 5.91 Å². The number of fused-ring (bicyclic) bond motifs is 1. The lowest BCUT2D eigenvalue weighted by Gasteiger charge is -2.36. The first kappa shape index (κ1) is 27.5. The van der Waals surface area contributed by atoms with Crippen LogP contribution in [0, 0.1) is 5.92 Å². The second-order valence-corrected chi connectivity index (χ2v) is 11.2. The third-order valence-corrected chi connectivity index (χ3v) is 7.12. The maximum absolute atomic E-state index is 13.3. The lowest BCUT2D eigenvalue weighted by Crippen LogP contribution is -2.50. The van der Waals surface area contributed by atoms with Gasteiger partial charge in [0.1, 0.15) is 17.2 Å². The molecule has 1 aromatic heterocycles. The van der Waals surface area contributed by atoms with Gasteiger partial charge in [-0.1, -0.05) is 36.4 Å². The minimum Gasteiger partial charge on any atom is -0.501 e. The van der Waals surface area contributed by atoms with Crippen molar-refractivity contribution < 1.29 is 19.1 Å². The molecule has 0 saturated carbocycles. The van der Waals surface area contributed by atoms with Gasteiger partial charge >= 0.3 is 6.09 Å². The van der Waals surface area contributed by atoms with Crippen molar-refractivity contribution in [2.75, 3.05) is 45.2 Å². The van der Waals surface area contributed by atoms with Crippen LogP contribution >= 0.6 is 0 Å². The molecule has 2 amide bonds. The fourth-order valence-electron chi connectivity index (χ4n) is 5.02. The number of anilines is 1. The Morgan fingerprint density at radius 3 is 2.50 bits per heavy atom. The molecule has 0 radical (unpaired) electrons. The van der Waals surface area contributed by atoms with E-state index in [1.165, 1.54) is 0 Å². The molecule has 1 aliphatic carbocycles. The first-order valence-electron chi connectivity index (χ1n) is 13.7. The molecule has 9 heteroatoms. The number of amides is 2. The number of aromatic amines is 1. The fraction of sp³-hybridized carbons (Fsp3) is 0.387. The topological polar surface area (TPSA) is 99.8 Å². The van der Waals surface area contributed by atoms with Crippen LogP contribution in [0.25, 0.3) is 22.4 Å². The summed E-state index contributed by atoms with van der Waals surface area (Å²) in [5.74, 6) is 1.07. The highest BCUT2D eigenvalue weighted by molar-refractivity contribution is 5.98. The molecule has 9 nitrogen and oxygen atoms in total. The molecule has 1 unspecified atom stereocenters. The summed E-state index contributed by atoms with van der Waals surface area (Å²) in [6, 6.07) is 15.5. The molecule has 1 atom stereocenters. The van der Waals surface area contributed by atoms with E-state index in [1.54, 1.807) is 12.0 Å². The first-order valence-corrected chi connectivity index (χ1v) is 13.7. The first-order chi connectivity index (χ1) is 19.2. The van der Waals surface area contributed by atoms with E-state index in [0.29, 0.717) is 37.6 Å². The Labute approximate surface area is 234 Å².